The maximum absolute atomic E-state index is 13.0. The highest BCUT2D eigenvalue weighted by Crippen LogP contribution is 2.49. The molecule has 0 radical (unpaired) electrons. The molecule has 0 N–H and O–H groups in total. The molecule has 82 valence electrons. The van der Waals surface area contributed by atoms with Gasteiger partial charge in [-0.05, 0) is 0 Å². The zero-order valence-electron chi connectivity index (χ0n) is 6.72. The van der Waals surface area contributed by atoms with Crippen molar-refractivity contribution >= 4 is 19.4 Å². The minimum Gasteiger partial charge on any atom is -0.218 e. The third kappa shape index (κ3) is 1.45. The van der Waals surface area contributed by atoms with Gasteiger partial charge < -0.3 is 0 Å². The van der Waals surface area contributed by atoms with E-state index in [9.17, 15) is 26.0 Å². The van der Waals surface area contributed by atoms with Crippen LogP contribution in [0.25, 0.3) is 0 Å². The first kappa shape index (κ1) is 11.9. The van der Waals surface area contributed by atoms with E-state index in [4.69, 9.17) is 0 Å². The van der Waals surface area contributed by atoms with E-state index in [2.05, 4.69) is 4.18 Å². The van der Waals surface area contributed by atoms with Crippen molar-refractivity contribution in [3.05, 3.63) is 10.5 Å². The predicted molar refractivity (Wildman–Crippen MR) is 42.3 cm³/mol. The molecular weight excluding hydrogens is 247 g/mol. The predicted octanol–water partition coefficient (Wildman–Crippen LogP) is 1.68. The quantitative estimate of drug-likeness (QED) is 0.374. The Morgan fingerprint density at radius 2 is 1.79 bits per heavy atom. The summed E-state index contributed by atoms with van der Waals surface area (Å²) in [6.45, 7) is 0.209. The van der Waals surface area contributed by atoms with Gasteiger partial charge >= 0.3 is 16.0 Å². The molecule has 0 aliphatic carbocycles. The molecule has 1 aliphatic heterocycles. The van der Waals surface area contributed by atoms with Crippen molar-refractivity contribution < 1.29 is 30.2 Å². The molecule has 0 saturated heterocycles. The van der Waals surface area contributed by atoms with E-state index >= 15 is 0 Å². The molecule has 0 spiro atoms. The minimum atomic E-state index is -5.05. The topological polar surface area (TPSA) is 43.4 Å². The molecule has 1 heterocycles. The van der Waals surface area contributed by atoms with Gasteiger partial charge in [0.1, 0.15) is 0 Å². The lowest BCUT2D eigenvalue weighted by molar-refractivity contribution is -0.202. The summed E-state index contributed by atoms with van der Waals surface area (Å²) in [5.41, 5.74) is 0. The van der Waals surface area contributed by atoms with Crippen LogP contribution in [0.1, 0.15) is 6.92 Å². The molecule has 0 aromatic carbocycles. The average Bonchev–Trinajstić information content (AvgIpc) is 1.97. The Morgan fingerprint density at radius 1 is 1.36 bits per heavy atom. The van der Waals surface area contributed by atoms with Crippen molar-refractivity contribution in [1.29, 1.82) is 0 Å². The van der Waals surface area contributed by atoms with Crippen molar-refractivity contribution in [2.45, 2.75) is 18.7 Å². The SMILES string of the molecule is CC1(F)OS(=O)(=O)C(F)=C(P)C1(F)F. The fourth-order valence-corrected chi connectivity index (χ4v) is 2.47. The lowest BCUT2D eigenvalue weighted by Gasteiger charge is -2.33. The van der Waals surface area contributed by atoms with Gasteiger partial charge in [-0.3, -0.25) is 0 Å². The van der Waals surface area contributed by atoms with E-state index in [-0.39, 0.29) is 6.92 Å². The summed E-state index contributed by atoms with van der Waals surface area (Å²) in [5, 5.41) is -3.75. The van der Waals surface area contributed by atoms with Crippen molar-refractivity contribution in [2.24, 2.45) is 0 Å². The summed E-state index contributed by atoms with van der Waals surface area (Å²) in [5.74, 6) is -8.12. The first-order chi connectivity index (χ1) is 6.02. The van der Waals surface area contributed by atoms with Crippen LogP contribution in [-0.4, -0.2) is 20.2 Å². The summed E-state index contributed by atoms with van der Waals surface area (Å²) in [6, 6.07) is 0. The maximum atomic E-state index is 13.0. The number of hydrogen-bond donors (Lipinski definition) is 0. The third-order valence-electron chi connectivity index (χ3n) is 1.60. The van der Waals surface area contributed by atoms with Crippen molar-refractivity contribution in [3.63, 3.8) is 0 Å². The minimum absolute atomic E-state index is 0.209. The zero-order chi connectivity index (χ0) is 11.4. The number of alkyl halides is 3. The van der Waals surface area contributed by atoms with Crippen LogP contribution in [0.3, 0.4) is 0 Å². The highest BCUT2D eigenvalue weighted by atomic mass is 32.2. The molecule has 0 amide bonds. The first-order valence-corrected chi connectivity index (χ1v) is 5.19. The molecule has 0 aromatic heterocycles. The Morgan fingerprint density at radius 3 is 2.21 bits per heavy atom. The summed E-state index contributed by atoms with van der Waals surface area (Å²) in [6.07, 6.45) is 0. The highest BCUT2D eigenvalue weighted by molar-refractivity contribution is 7.90. The molecule has 0 aromatic rings. The first-order valence-electron chi connectivity index (χ1n) is 3.20. The third-order valence-corrected chi connectivity index (χ3v) is 3.61. The molecule has 2 unspecified atom stereocenters. The van der Waals surface area contributed by atoms with Gasteiger partial charge in [0.25, 0.3) is 11.0 Å². The lowest BCUT2D eigenvalue weighted by atomic mass is 10.2. The van der Waals surface area contributed by atoms with Crippen LogP contribution in [0.2, 0.25) is 0 Å². The highest BCUT2D eigenvalue weighted by Gasteiger charge is 2.62. The molecule has 0 saturated carbocycles. The zero-order valence-corrected chi connectivity index (χ0v) is 8.69. The van der Waals surface area contributed by atoms with Crippen LogP contribution in [0.15, 0.2) is 10.5 Å². The van der Waals surface area contributed by atoms with Crippen molar-refractivity contribution in [1.82, 2.24) is 0 Å². The molecule has 1 rings (SSSR count). The standard InChI is InChI=1S/C5H5F4O3PS/c1-4(7)5(8,9)2(13)3(6)14(10,11)12-4/h13H2,1H3. The fraction of sp³-hybridized carbons (Fsp3) is 0.600. The van der Waals surface area contributed by atoms with Crippen LogP contribution in [0, 0.1) is 0 Å². The number of halogens is 4. The van der Waals surface area contributed by atoms with Gasteiger partial charge in [0.05, 0.1) is 5.31 Å². The van der Waals surface area contributed by atoms with E-state index in [1.807, 2.05) is 0 Å². The largest absolute Gasteiger partial charge is 0.335 e. The van der Waals surface area contributed by atoms with Gasteiger partial charge in [-0.25, -0.2) is 8.57 Å². The van der Waals surface area contributed by atoms with Crippen molar-refractivity contribution in [3.8, 4) is 0 Å². The second kappa shape index (κ2) is 2.90. The summed E-state index contributed by atoms with van der Waals surface area (Å²) < 4.78 is 76.1. The Bertz CT molecular complexity index is 399. The van der Waals surface area contributed by atoms with Crippen LogP contribution in [0.5, 0.6) is 0 Å². The fourth-order valence-electron chi connectivity index (χ4n) is 0.794. The molecule has 9 heteroatoms. The number of hydrogen-bond acceptors (Lipinski definition) is 3. The normalized spacial score (nSPS) is 35.9. The smallest absolute Gasteiger partial charge is 0.218 e. The van der Waals surface area contributed by atoms with Gasteiger partial charge in [0.2, 0.25) is 0 Å². The molecule has 14 heavy (non-hydrogen) atoms. The molecule has 0 bridgehead atoms. The Balaban J connectivity index is 3.50. The van der Waals surface area contributed by atoms with E-state index in [0.717, 1.165) is 9.24 Å². The maximum Gasteiger partial charge on any atom is 0.335 e. The van der Waals surface area contributed by atoms with Gasteiger partial charge in [0.15, 0.2) is 0 Å². The summed E-state index contributed by atoms with van der Waals surface area (Å²) in [7, 11) is -3.90. The van der Waals surface area contributed by atoms with Crippen LogP contribution < -0.4 is 0 Å². The summed E-state index contributed by atoms with van der Waals surface area (Å²) >= 11 is 0. The van der Waals surface area contributed by atoms with Crippen molar-refractivity contribution in [2.75, 3.05) is 0 Å². The van der Waals surface area contributed by atoms with E-state index in [0.29, 0.717) is 0 Å². The Hall–Kier alpha value is -0.200. The summed E-state index contributed by atoms with van der Waals surface area (Å²) in [4.78, 5) is 0. The van der Waals surface area contributed by atoms with E-state index in [1.54, 1.807) is 0 Å². The second-order valence-electron chi connectivity index (χ2n) is 2.72. The van der Waals surface area contributed by atoms with Gasteiger partial charge in [-0.15, -0.1) is 0 Å². The molecular formula is C5H5F4O3PS. The lowest BCUT2D eigenvalue weighted by Crippen LogP contribution is -2.49. The second-order valence-corrected chi connectivity index (χ2v) is 4.73. The average molecular weight is 252 g/mol. The molecule has 2 atom stereocenters. The monoisotopic (exact) mass is 252 g/mol. The van der Waals surface area contributed by atoms with Gasteiger partial charge in [0, 0.05) is 6.92 Å². The van der Waals surface area contributed by atoms with Gasteiger partial charge in [-0.1, -0.05) is 9.24 Å². The van der Waals surface area contributed by atoms with Crippen LogP contribution in [-0.2, 0) is 14.3 Å². The molecule has 3 nitrogen and oxygen atoms in total. The number of rotatable bonds is 0. The van der Waals surface area contributed by atoms with Crippen LogP contribution >= 0.6 is 9.24 Å². The van der Waals surface area contributed by atoms with Crippen LogP contribution in [0.4, 0.5) is 17.6 Å². The van der Waals surface area contributed by atoms with E-state index in [1.165, 1.54) is 0 Å². The molecule has 0 fully saturated rings. The van der Waals surface area contributed by atoms with Gasteiger partial charge in [-0.2, -0.15) is 21.6 Å². The Kier molecular flexibility index (Phi) is 2.46. The van der Waals surface area contributed by atoms with E-state index < -0.39 is 32.4 Å². The Labute approximate surface area is 79.4 Å². The molecule has 1 aliphatic rings.